The van der Waals surface area contributed by atoms with E-state index in [1.807, 2.05) is 22.9 Å². The first kappa shape index (κ1) is 15.2. The van der Waals surface area contributed by atoms with Gasteiger partial charge in [0.1, 0.15) is 17.3 Å². The molecule has 4 rings (SSSR count). The summed E-state index contributed by atoms with van der Waals surface area (Å²) in [7, 11) is 0. The number of nitrogens with zero attached hydrogens (tertiary/aromatic N) is 2. The third-order valence-corrected chi connectivity index (χ3v) is 5.11. The van der Waals surface area contributed by atoms with Crippen LogP contribution in [0.1, 0.15) is 62.5 Å². The fraction of sp³-hybridized carbons (Fsp3) is 0.474. The van der Waals surface area contributed by atoms with E-state index in [1.165, 1.54) is 25.3 Å². The summed E-state index contributed by atoms with van der Waals surface area (Å²) in [4.78, 5) is 12.2. The second kappa shape index (κ2) is 6.30. The zero-order valence-corrected chi connectivity index (χ0v) is 13.9. The second-order valence-electron chi connectivity index (χ2n) is 6.98. The van der Waals surface area contributed by atoms with Crippen LogP contribution in [0.15, 0.2) is 34.9 Å². The van der Waals surface area contributed by atoms with Gasteiger partial charge in [-0.15, -0.1) is 0 Å². The van der Waals surface area contributed by atoms with E-state index >= 15 is 0 Å². The van der Waals surface area contributed by atoms with Gasteiger partial charge in [0, 0.05) is 18.1 Å². The number of carbonyl (C=O) groups excluding carboxylic acids is 1. The van der Waals surface area contributed by atoms with E-state index in [1.54, 1.807) is 12.3 Å². The van der Waals surface area contributed by atoms with Crippen molar-refractivity contribution >= 4 is 17.8 Å². The van der Waals surface area contributed by atoms with Crippen LogP contribution < -0.4 is 5.32 Å². The Hall–Kier alpha value is -2.30. The number of anilines is 1. The molecular formula is C19H23N3O2. The third-order valence-electron chi connectivity index (χ3n) is 5.11. The lowest BCUT2D eigenvalue weighted by Crippen LogP contribution is -2.15. The van der Waals surface area contributed by atoms with Gasteiger partial charge in [-0.2, -0.15) is 5.10 Å². The topological polar surface area (TPSA) is 60.1 Å². The zero-order valence-electron chi connectivity index (χ0n) is 13.9. The number of hydrogen-bond acceptors (Lipinski definition) is 3. The molecule has 5 heteroatoms. The van der Waals surface area contributed by atoms with E-state index in [0.29, 0.717) is 17.9 Å². The average molecular weight is 325 g/mol. The SMILES string of the molecule is CC1CC1c1ccc(/C=C/C(=O)Nc2ccnn2C2CCCC2)o1. The van der Waals surface area contributed by atoms with Crippen LogP contribution in [-0.2, 0) is 4.79 Å². The van der Waals surface area contributed by atoms with Crippen molar-refractivity contribution in [2.75, 3.05) is 5.32 Å². The molecule has 2 aromatic rings. The Bertz CT molecular complexity index is 752. The standard InChI is InChI=1S/C19H23N3O2/c1-13-12-16(13)17-8-6-15(24-17)7-9-19(23)21-18-10-11-20-22(18)14-4-2-3-5-14/h6-11,13-14,16H,2-5,12H2,1H3,(H,21,23)/b9-7+. The highest BCUT2D eigenvalue weighted by Gasteiger charge is 2.36. The van der Waals surface area contributed by atoms with Crippen LogP contribution in [0, 0.1) is 5.92 Å². The fourth-order valence-electron chi connectivity index (χ4n) is 3.55. The Labute approximate surface area is 141 Å². The predicted octanol–water partition coefficient (Wildman–Crippen LogP) is 4.37. The molecule has 1 N–H and O–H groups in total. The van der Waals surface area contributed by atoms with Crippen LogP contribution in [0.3, 0.4) is 0 Å². The van der Waals surface area contributed by atoms with Crippen LogP contribution in [0.2, 0.25) is 0 Å². The number of rotatable bonds is 5. The minimum absolute atomic E-state index is 0.160. The second-order valence-corrected chi connectivity index (χ2v) is 6.98. The monoisotopic (exact) mass is 325 g/mol. The van der Waals surface area contributed by atoms with Gasteiger partial charge in [0.25, 0.3) is 0 Å². The van der Waals surface area contributed by atoms with Crippen molar-refractivity contribution in [2.24, 2.45) is 5.92 Å². The van der Waals surface area contributed by atoms with Gasteiger partial charge < -0.3 is 9.73 Å². The van der Waals surface area contributed by atoms with Gasteiger partial charge in [0.05, 0.1) is 12.2 Å². The number of hydrogen-bond donors (Lipinski definition) is 1. The molecule has 0 spiro atoms. The van der Waals surface area contributed by atoms with E-state index in [4.69, 9.17) is 4.42 Å². The van der Waals surface area contributed by atoms with Crippen LogP contribution in [0.4, 0.5) is 5.82 Å². The van der Waals surface area contributed by atoms with Crippen molar-refractivity contribution in [2.45, 2.75) is 51.0 Å². The van der Waals surface area contributed by atoms with Crippen molar-refractivity contribution in [1.82, 2.24) is 9.78 Å². The predicted molar refractivity (Wildman–Crippen MR) is 92.6 cm³/mol. The normalized spacial score (nSPS) is 23.9. The first-order valence-electron chi connectivity index (χ1n) is 8.83. The van der Waals surface area contributed by atoms with Gasteiger partial charge in [-0.1, -0.05) is 19.8 Å². The molecule has 2 atom stereocenters. The quantitative estimate of drug-likeness (QED) is 0.831. The lowest BCUT2D eigenvalue weighted by Gasteiger charge is -2.13. The van der Waals surface area contributed by atoms with Crippen molar-refractivity contribution in [3.05, 3.63) is 42.0 Å². The maximum Gasteiger partial charge on any atom is 0.249 e. The highest BCUT2D eigenvalue weighted by Crippen LogP contribution is 2.47. The Kier molecular flexibility index (Phi) is 4.00. The lowest BCUT2D eigenvalue weighted by molar-refractivity contribution is -0.111. The molecule has 5 nitrogen and oxygen atoms in total. The average Bonchev–Trinajstić information content (AvgIpc) is 3.08. The summed E-state index contributed by atoms with van der Waals surface area (Å²) >= 11 is 0. The minimum atomic E-state index is -0.160. The number of aromatic nitrogens is 2. The fourth-order valence-corrected chi connectivity index (χ4v) is 3.55. The van der Waals surface area contributed by atoms with Crippen LogP contribution >= 0.6 is 0 Å². The summed E-state index contributed by atoms with van der Waals surface area (Å²) in [6.07, 6.45) is 10.9. The highest BCUT2D eigenvalue weighted by molar-refractivity contribution is 6.01. The maximum absolute atomic E-state index is 12.2. The Morgan fingerprint density at radius 2 is 2.12 bits per heavy atom. The van der Waals surface area contributed by atoms with Crippen LogP contribution in [0.25, 0.3) is 6.08 Å². The van der Waals surface area contributed by atoms with Gasteiger partial charge in [-0.3, -0.25) is 4.79 Å². The summed E-state index contributed by atoms with van der Waals surface area (Å²) in [5.41, 5.74) is 0. The molecule has 2 aliphatic rings. The summed E-state index contributed by atoms with van der Waals surface area (Å²) < 4.78 is 7.73. The van der Waals surface area contributed by atoms with Gasteiger partial charge in [-0.25, -0.2) is 4.68 Å². The van der Waals surface area contributed by atoms with E-state index in [0.717, 1.165) is 30.2 Å². The molecule has 0 radical (unpaired) electrons. The Balaban J connectivity index is 1.38. The van der Waals surface area contributed by atoms with E-state index in [-0.39, 0.29) is 5.91 Å². The molecule has 0 bridgehead atoms. The lowest BCUT2D eigenvalue weighted by atomic mass is 10.2. The first-order valence-corrected chi connectivity index (χ1v) is 8.83. The van der Waals surface area contributed by atoms with Crippen molar-refractivity contribution < 1.29 is 9.21 Å². The molecule has 1 amide bonds. The summed E-state index contributed by atoms with van der Waals surface area (Å²) in [6.45, 7) is 2.23. The molecule has 2 aromatic heterocycles. The number of carbonyl (C=O) groups is 1. The molecule has 0 saturated heterocycles. The van der Waals surface area contributed by atoms with Gasteiger partial charge in [0.15, 0.2) is 0 Å². The molecule has 2 fully saturated rings. The summed E-state index contributed by atoms with van der Waals surface area (Å²) in [6, 6.07) is 6.20. The molecular weight excluding hydrogens is 302 g/mol. The van der Waals surface area contributed by atoms with Gasteiger partial charge in [0.2, 0.25) is 5.91 Å². The summed E-state index contributed by atoms with van der Waals surface area (Å²) in [5.74, 6) is 3.63. The van der Waals surface area contributed by atoms with Crippen molar-refractivity contribution in [1.29, 1.82) is 0 Å². The minimum Gasteiger partial charge on any atom is -0.461 e. The van der Waals surface area contributed by atoms with E-state index in [9.17, 15) is 4.79 Å². The largest absolute Gasteiger partial charge is 0.461 e. The Morgan fingerprint density at radius 1 is 1.33 bits per heavy atom. The third kappa shape index (κ3) is 3.16. The van der Waals surface area contributed by atoms with E-state index < -0.39 is 0 Å². The highest BCUT2D eigenvalue weighted by atomic mass is 16.3. The number of amides is 1. The number of nitrogens with one attached hydrogen (secondary N) is 1. The molecule has 2 saturated carbocycles. The molecule has 2 aliphatic carbocycles. The molecule has 0 aliphatic heterocycles. The van der Waals surface area contributed by atoms with Crippen molar-refractivity contribution in [3.8, 4) is 0 Å². The summed E-state index contributed by atoms with van der Waals surface area (Å²) in [5, 5.41) is 7.29. The van der Waals surface area contributed by atoms with Crippen LogP contribution in [-0.4, -0.2) is 15.7 Å². The first-order chi connectivity index (χ1) is 11.7. The molecule has 0 aromatic carbocycles. The molecule has 2 unspecified atom stereocenters. The van der Waals surface area contributed by atoms with Crippen molar-refractivity contribution in [3.63, 3.8) is 0 Å². The molecule has 126 valence electrons. The van der Waals surface area contributed by atoms with E-state index in [2.05, 4.69) is 17.3 Å². The van der Waals surface area contributed by atoms with Gasteiger partial charge >= 0.3 is 0 Å². The van der Waals surface area contributed by atoms with Gasteiger partial charge in [-0.05, 0) is 43.4 Å². The molecule has 2 heterocycles. The Morgan fingerprint density at radius 3 is 2.88 bits per heavy atom. The number of furan rings is 1. The molecule has 24 heavy (non-hydrogen) atoms. The van der Waals surface area contributed by atoms with Crippen LogP contribution in [0.5, 0.6) is 0 Å². The smallest absolute Gasteiger partial charge is 0.249 e. The maximum atomic E-state index is 12.2. The zero-order chi connectivity index (χ0) is 16.5.